The van der Waals surface area contributed by atoms with E-state index in [1.54, 1.807) is 29.1 Å². The number of anilines is 1. The molecule has 1 aliphatic heterocycles. The van der Waals surface area contributed by atoms with E-state index in [0.29, 0.717) is 13.1 Å². The predicted molar refractivity (Wildman–Crippen MR) is 142 cm³/mol. The average Bonchev–Trinajstić information content (AvgIpc) is 2.85. The molecule has 174 valence electrons. The number of pyridine rings is 1. The van der Waals surface area contributed by atoms with Crippen LogP contribution < -0.4 is 15.8 Å². The highest BCUT2D eigenvalue weighted by molar-refractivity contribution is 14.0. The van der Waals surface area contributed by atoms with E-state index in [1.807, 2.05) is 18.3 Å². The number of guanidine groups is 1. The third-order valence-corrected chi connectivity index (χ3v) is 5.44. The summed E-state index contributed by atoms with van der Waals surface area (Å²) in [6.45, 7) is 7.56. The Morgan fingerprint density at radius 1 is 0.970 bits per heavy atom. The Morgan fingerprint density at radius 3 is 2.33 bits per heavy atom. The SMILES string of the molecule is CCNC(=NCc1ccc(Cn2ccccc2=O)cc1)N1CCN(c2ncccn2)CC1.I. The summed E-state index contributed by atoms with van der Waals surface area (Å²) < 4.78 is 1.70. The highest BCUT2D eigenvalue weighted by Gasteiger charge is 2.21. The van der Waals surface area contributed by atoms with Crippen molar-refractivity contribution in [2.75, 3.05) is 37.6 Å². The van der Waals surface area contributed by atoms with Crippen molar-refractivity contribution in [2.45, 2.75) is 20.0 Å². The van der Waals surface area contributed by atoms with Gasteiger partial charge in [0.05, 0.1) is 13.1 Å². The molecule has 0 aliphatic carbocycles. The van der Waals surface area contributed by atoms with Crippen LogP contribution in [0, 0.1) is 0 Å². The summed E-state index contributed by atoms with van der Waals surface area (Å²) in [5.74, 6) is 1.72. The van der Waals surface area contributed by atoms with Crippen molar-refractivity contribution in [1.29, 1.82) is 0 Å². The molecule has 0 spiro atoms. The van der Waals surface area contributed by atoms with E-state index in [4.69, 9.17) is 4.99 Å². The van der Waals surface area contributed by atoms with E-state index >= 15 is 0 Å². The van der Waals surface area contributed by atoms with E-state index in [1.165, 1.54) is 0 Å². The Morgan fingerprint density at radius 2 is 1.67 bits per heavy atom. The van der Waals surface area contributed by atoms with Crippen molar-refractivity contribution in [1.82, 2.24) is 24.8 Å². The topological polar surface area (TPSA) is 78.7 Å². The van der Waals surface area contributed by atoms with Crippen LogP contribution in [0.25, 0.3) is 0 Å². The summed E-state index contributed by atoms with van der Waals surface area (Å²) in [7, 11) is 0. The fraction of sp³-hybridized carbons (Fsp3) is 0.333. The van der Waals surface area contributed by atoms with Gasteiger partial charge in [-0.1, -0.05) is 30.3 Å². The predicted octanol–water partition coefficient (Wildman–Crippen LogP) is 2.59. The Balaban J connectivity index is 0.00000306. The third-order valence-electron chi connectivity index (χ3n) is 5.44. The summed E-state index contributed by atoms with van der Waals surface area (Å²) in [5.41, 5.74) is 2.24. The standard InChI is InChI=1S/C24H29N7O.HI/c1-2-25-23(29-14-16-30(17-15-29)24-26-11-5-12-27-24)28-18-20-7-9-21(10-8-20)19-31-13-4-3-6-22(31)32;/h3-13H,2,14-19H2,1H3,(H,25,28);1H. The second-order valence-electron chi connectivity index (χ2n) is 7.68. The molecule has 2 aromatic heterocycles. The fourth-order valence-corrected chi connectivity index (χ4v) is 3.70. The number of halogens is 1. The van der Waals surface area contributed by atoms with Gasteiger partial charge in [-0.2, -0.15) is 0 Å². The third kappa shape index (κ3) is 6.77. The number of piperazine rings is 1. The van der Waals surface area contributed by atoms with Gasteiger partial charge in [0.15, 0.2) is 5.96 Å². The second-order valence-corrected chi connectivity index (χ2v) is 7.68. The summed E-state index contributed by atoms with van der Waals surface area (Å²) in [4.78, 5) is 30.0. The minimum Gasteiger partial charge on any atom is -0.357 e. The quantitative estimate of drug-likeness (QED) is 0.284. The smallest absolute Gasteiger partial charge is 0.250 e. The lowest BCUT2D eigenvalue weighted by Gasteiger charge is -2.36. The molecule has 3 heterocycles. The van der Waals surface area contributed by atoms with Crippen molar-refractivity contribution in [3.8, 4) is 0 Å². The zero-order chi connectivity index (χ0) is 22.2. The minimum absolute atomic E-state index is 0. The van der Waals surface area contributed by atoms with Crippen LogP contribution in [0.2, 0.25) is 0 Å². The van der Waals surface area contributed by atoms with E-state index in [0.717, 1.165) is 55.8 Å². The second kappa shape index (κ2) is 12.3. The molecular formula is C24H30IN7O. The molecule has 0 atom stereocenters. The van der Waals surface area contributed by atoms with Gasteiger partial charge in [-0.25, -0.2) is 15.0 Å². The van der Waals surface area contributed by atoms with Crippen molar-refractivity contribution >= 4 is 35.9 Å². The first-order valence-corrected chi connectivity index (χ1v) is 11.0. The highest BCUT2D eigenvalue weighted by atomic mass is 127. The van der Waals surface area contributed by atoms with E-state index in [-0.39, 0.29) is 29.5 Å². The lowest BCUT2D eigenvalue weighted by atomic mass is 10.1. The largest absolute Gasteiger partial charge is 0.357 e. The number of rotatable bonds is 6. The number of aliphatic imine (C=N–C) groups is 1. The van der Waals surface area contributed by atoms with Crippen LogP contribution in [-0.2, 0) is 13.1 Å². The van der Waals surface area contributed by atoms with Crippen LogP contribution in [0.3, 0.4) is 0 Å². The van der Waals surface area contributed by atoms with Gasteiger partial charge in [-0.3, -0.25) is 4.79 Å². The maximum atomic E-state index is 11.9. The van der Waals surface area contributed by atoms with Crippen molar-refractivity contribution < 1.29 is 0 Å². The maximum Gasteiger partial charge on any atom is 0.250 e. The van der Waals surface area contributed by atoms with Gasteiger partial charge in [0.1, 0.15) is 0 Å². The Bertz CT molecular complexity index is 1080. The maximum absolute atomic E-state index is 11.9. The number of benzene rings is 1. The molecule has 0 radical (unpaired) electrons. The molecule has 33 heavy (non-hydrogen) atoms. The van der Waals surface area contributed by atoms with Gasteiger partial charge in [0.25, 0.3) is 5.56 Å². The lowest BCUT2D eigenvalue weighted by molar-refractivity contribution is 0.370. The van der Waals surface area contributed by atoms with E-state index in [9.17, 15) is 4.79 Å². The number of nitrogens with one attached hydrogen (secondary N) is 1. The van der Waals surface area contributed by atoms with Crippen LogP contribution in [-0.4, -0.2) is 58.1 Å². The van der Waals surface area contributed by atoms with Crippen molar-refractivity contribution in [2.24, 2.45) is 4.99 Å². The highest BCUT2D eigenvalue weighted by Crippen LogP contribution is 2.11. The average molecular weight is 559 g/mol. The molecule has 1 N–H and O–H groups in total. The first-order valence-electron chi connectivity index (χ1n) is 11.0. The van der Waals surface area contributed by atoms with Crippen LogP contribution in [0.15, 0.2) is 76.9 Å². The number of hydrogen-bond donors (Lipinski definition) is 1. The first-order chi connectivity index (χ1) is 15.7. The molecule has 1 aliphatic rings. The van der Waals surface area contributed by atoms with Crippen molar-refractivity contribution in [3.63, 3.8) is 0 Å². The molecular weight excluding hydrogens is 529 g/mol. The van der Waals surface area contributed by atoms with Crippen LogP contribution in [0.5, 0.6) is 0 Å². The minimum atomic E-state index is 0. The molecule has 0 unspecified atom stereocenters. The Kier molecular flexibility index (Phi) is 9.23. The summed E-state index contributed by atoms with van der Waals surface area (Å²) >= 11 is 0. The van der Waals surface area contributed by atoms with Crippen molar-refractivity contribution in [3.05, 3.63) is 88.6 Å². The molecule has 9 heteroatoms. The van der Waals surface area contributed by atoms with Gasteiger partial charge >= 0.3 is 0 Å². The zero-order valence-corrected chi connectivity index (χ0v) is 21.1. The molecule has 1 aromatic carbocycles. The van der Waals surface area contributed by atoms with Gasteiger partial charge in [-0.15, -0.1) is 24.0 Å². The van der Waals surface area contributed by atoms with Crippen LogP contribution in [0.4, 0.5) is 5.95 Å². The Labute approximate surface area is 211 Å². The number of aromatic nitrogens is 3. The van der Waals surface area contributed by atoms with E-state index < -0.39 is 0 Å². The summed E-state index contributed by atoms with van der Waals surface area (Å²) in [6.07, 6.45) is 5.38. The number of hydrogen-bond acceptors (Lipinski definition) is 5. The monoisotopic (exact) mass is 559 g/mol. The molecule has 0 amide bonds. The zero-order valence-electron chi connectivity index (χ0n) is 18.8. The number of nitrogens with zero attached hydrogens (tertiary/aromatic N) is 6. The molecule has 0 saturated carbocycles. The molecule has 4 rings (SSSR count). The van der Waals surface area contributed by atoms with Gasteiger partial charge in [0.2, 0.25) is 5.95 Å². The molecule has 1 fully saturated rings. The molecule has 8 nitrogen and oxygen atoms in total. The van der Waals surface area contributed by atoms with Crippen LogP contribution in [0.1, 0.15) is 18.1 Å². The molecule has 1 saturated heterocycles. The van der Waals surface area contributed by atoms with Crippen LogP contribution >= 0.6 is 24.0 Å². The fourth-order valence-electron chi connectivity index (χ4n) is 3.70. The first kappa shape index (κ1) is 24.7. The lowest BCUT2D eigenvalue weighted by Crippen LogP contribution is -2.52. The molecule has 0 bridgehead atoms. The van der Waals surface area contributed by atoms with Gasteiger partial charge < -0.3 is 19.7 Å². The normalized spacial score (nSPS) is 14.0. The Hall–Kier alpha value is -2.95. The van der Waals surface area contributed by atoms with Gasteiger partial charge in [-0.05, 0) is 30.2 Å². The summed E-state index contributed by atoms with van der Waals surface area (Å²) in [5, 5.41) is 3.42. The van der Waals surface area contributed by atoms with Gasteiger partial charge in [0, 0.05) is 57.4 Å². The summed E-state index contributed by atoms with van der Waals surface area (Å²) in [6, 6.07) is 15.4. The molecule has 3 aromatic rings. The van der Waals surface area contributed by atoms with E-state index in [2.05, 4.69) is 56.3 Å².